The third-order valence-corrected chi connectivity index (χ3v) is 4.17. The average molecular weight is 284 g/mol. The van der Waals surface area contributed by atoms with Crippen LogP contribution in [0.1, 0.15) is 29.6 Å². The minimum absolute atomic E-state index is 0.00109. The number of benzene rings is 1. The van der Waals surface area contributed by atoms with Gasteiger partial charge in [-0.2, -0.15) is 0 Å². The zero-order chi connectivity index (χ0) is 14.3. The molecule has 0 aromatic heterocycles. The van der Waals surface area contributed by atoms with E-state index in [4.69, 9.17) is 0 Å². The summed E-state index contributed by atoms with van der Waals surface area (Å²) in [7, 11) is 0. The van der Waals surface area contributed by atoms with Gasteiger partial charge in [0, 0.05) is 24.2 Å². The number of carbonyl (C=O) groups is 1. The fourth-order valence-corrected chi connectivity index (χ4v) is 3.19. The van der Waals surface area contributed by atoms with Gasteiger partial charge in [0.2, 0.25) is 0 Å². The summed E-state index contributed by atoms with van der Waals surface area (Å²) in [5, 5.41) is 2.80. The van der Waals surface area contributed by atoms with Crippen LogP contribution in [0.4, 0.5) is 13.2 Å². The fraction of sp³-hybridized carbons (Fsp3) is 0.500. The second kappa shape index (κ2) is 5.09. The smallest absolute Gasteiger partial charge is 0.251 e. The Morgan fingerprint density at radius 1 is 1.15 bits per heavy atom. The lowest BCUT2D eigenvalue weighted by molar-refractivity contribution is 0.0928. The summed E-state index contributed by atoms with van der Waals surface area (Å²) in [5.41, 5.74) is -0.183. The van der Waals surface area contributed by atoms with Gasteiger partial charge in [0.1, 0.15) is 0 Å². The molecule has 0 saturated carbocycles. The van der Waals surface area contributed by atoms with E-state index >= 15 is 0 Å². The van der Waals surface area contributed by atoms with E-state index in [1.54, 1.807) is 0 Å². The van der Waals surface area contributed by atoms with Crippen LogP contribution in [0.15, 0.2) is 12.1 Å². The monoisotopic (exact) mass is 284 g/mol. The highest BCUT2D eigenvalue weighted by atomic mass is 19.2. The minimum atomic E-state index is -1.55. The van der Waals surface area contributed by atoms with Crippen molar-refractivity contribution in [2.75, 3.05) is 13.1 Å². The van der Waals surface area contributed by atoms with Gasteiger partial charge in [0.05, 0.1) is 0 Å². The highest BCUT2D eigenvalue weighted by molar-refractivity contribution is 5.94. The molecular weight excluding hydrogens is 269 g/mol. The molecule has 2 aliphatic heterocycles. The molecule has 1 aromatic rings. The zero-order valence-corrected chi connectivity index (χ0v) is 10.8. The third kappa shape index (κ3) is 2.28. The van der Waals surface area contributed by atoms with Crippen LogP contribution in [0.3, 0.4) is 0 Å². The summed E-state index contributed by atoms with van der Waals surface area (Å²) in [5.74, 6) is -4.79. The van der Waals surface area contributed by atoms with Gasteiger partial charge in [-0.05, 0) is 37.9 Å². The van der Waals surface area contributed by atoms with Crippen LogP contribution in [0.2, 0.25) is 0 Å². The standard InChI is InChI=1S/C14H15F3N2O/c15-9-6-8(7-10(16)13(9)17)14(20)18-11-3-5-19-4-1-2-12(11)19/h6-7,11-12H,1-5H2,(H,18,20). The van der Waals surface area contributed by atoms with E-state index in [9.17, 15) is 18.0 Å². The topological polar surface area (TPSA) is 32.3 Å². The van der Waals surface area contributed by atoms with Crippen LogP contribution >= 0.6 is 0 Å². The second-order valence-corrected chi connectivity index (χ2v) is 5.37. The van der Waals surface area contributed by atoms with Crippen molar-refractivity contribution in [2.24, 2.45) is 0 Å². The highest BCUT2D eigenvalue weighted by Crippen LogP contribution is 2.28. The molecule has 1 aromatic carbocycles. The first-order chi connectivity index (χ1) is 9.56. The number of halogens is 3. The van der Waals surface area contributed by atoms with Gasteiger partial charge < -0.3 is 5.32 Å². The Morgan fingerprint density at radius 3 is 2.55 bits per heavy atom. The molecule has 2 atom stereocenters. The molecule has 3 rings (SSSR count). The molecule has 6 heteroatoms. The molecule has 0 aliphatic carbocycles. The molecule has 3 nitrogen and oxygen atoms in total. The fourth-order valence-electron chi connectivity index (χ4n) is 3.19. The summed E-state index contributed by atoms with van der Waals surface area (Å²) in [6, 6.07) is 1.78. The number of nitrogens with zero attached hydrogens (tertiary/aromatic N) is 1. The Labute approximate surface area is 114 Å². The Hall–Kier alpha value is -1.56. The average Bonchev–Trinajstić information content (AvgIpc) is 3.00. The summed E-state index contributed by atoms with van der Waals surface area (Å²) in [4.78, 5) is 14.3. The van der Waals surface area contributed by atoms with Gasteiger partial charge in [-0.3, -0.25) is 9.69 Å². The maximum Gasteiger partial charge on any atom is 0.251 e. The van der Waals surface area contributed by atoms with Gasteiger partial charge in [-0.15, -0.1) is 0 Å². The molecule has 0 radical (unpaired) electrons. The molecule has 2 aliphatic rings. The number of fused-ring (bicyclic) bond motifs is 1. The van der Waals surface area contributed by atoms with Crippen molar-refractivity contribution < 1.29 is 18.0 Å². The molecule has 1 amide bonds. The third-order valence-electron chi connectivity index (χ3n) is 4.17. The molecule has 0 bridgehead atoms. The molecule has 108 valence electrons. The molecule has 2 heterocycles. The number of nitrogens with one attached hydrogen (secondary N) is 1. The van der Waals surface area contributed by atoms with Crippen LogP contribution < -0.4 is 5.32 Å². The summed E-state index contributed by atoms with van der Waals surface area (Å²) < 4.78 is 39.1. The van der Waals surface area contributed by atoms with Gasteiger partial charge in [-0.25, -0.2) is 13.2 Å². The number of hydrogen-bond donors (Lipinski definition) is 1. The Balaban J connectivity index is 1.73. The van der Waals surface area contributed by atoms with E-state index in [1.807, 2.05) is 0 Å². The molecule has 1 N–H and O–H groups in total. The van der Waals surface area contributed by atoms with Crippen LogP contribution in [0, 0.1) is 17.5 Å². The molecule has 20 heavy (non-hydrogen) atoms. The number of amides is 1. The van der Waals surface area contributed by atoms with Crippen LogP contribution in [0.5, 0.6) is 0 Å². The number of hydrogen-bond acceptors (Lipinski definition) is 2. The predicted octanol–water partition coefficient (Wildman–Crippen LogP) is 2.07. The summed E-state index contributed by atoms with van der Waals surface area (Å²) >= 11 is 0. The summed E-state index contributed by atoms with van der Waals surface area (Å²) in [6.45, 7) is 1.97. The highest BCUT2D eigenvalue weighted by Gasteiger charge is 2.37. The SMILES string of the molecule is O=C(NC1CCN2CCCC12)c1cc(F)c(F)c(F)c1. The maximum atomic E-state index is 13.1. The zero-order valence-electron chi connectivity index (χ0n) is 10.8. The van der Waals surface area contributed by atoms with Crippen molar-refractivity contribution in [3.05, 3.63) is 35.1 Å². The lowest BCUT2D eigenvalue weighted by Crippen LogP contribution is -2.42. The largest absolute Gasteiger partial charge is 0.348 e. The van der Waals surface area contributed by atoms with Crippen molar-refractivity contribution >= 4 is 5.91 Å². The quantitative estimate of drug-likeness (QED) is 0.843. The predicted molar refractivity (Wildman–Crippen MR) is 66.8 cm³/mol. The van der Waals surface area contributed by atoms with Gasteiger partial charge in [0.15, 0.2) is 17.5 Å². The van der Waals surface area contributed by atoms with Gasteiger partial charge in [-0.1, -0.05) is 0 Å². The first kappa shape index (κ1) is 13.4. The van der Waals surface area contributed by atoms with Crippen LogP contribution in [0.25, 0.3) is 0 Å². The van der Waals surface area contributed by atoms with Crippen molar-refractivity contribution in [3.8, 4) is 0 Å². The van der Waals surface area contributed by atoms with Gasteiger partial charge in [0.25, 0.3) is 5.91 Å². The summed E-state index contributed by atoms with van der Waals surface area (Å²) in [6.07, 6.45) is 2.97. The molecule has 0 spiro atoms. The van der Waals surface area contributed by atoms with Crippen LogP contribution in [-0.4, -0.2) is 36.0 Å². The van der Waals surface area contributed by atoms with E-state index in [1.165, 1.54) is 0 Å². The van der Waals surface area contributed by atoms with E-state index in [0.717, 1.165) is 44.5 Å². The van der Waals surface area contributed by atoms with E-state index in [0.29, 0.717) is 6.04 Å². The second-order valence-electron chi connectivity index (χ2n) is 5.37. The maximum absolute atomic E-state index is 13.1. The van der Waals surface area contributed by atoms with E-state index < -0.39 is 23.4 Å². The first-order valence-corrected chi connectivity index (χ1v) is 6.75. The number of carbonyl (C=O) groups excluding carboxylic acids is 1. The molecule has 2 fully saturated rings. The van der Waals surface area contributed by atoms with E-state index in [2.05, 4.69) is 10.2 Å². The van der Waals surface area contributed by atoms with Crippen molar-refractivity contribution in [2.45, 2.75) is 31.3 Å². The van der Waals surface area contributed by atoms with Crippen LogP contribution in [-0.2, 0) is 0 Å². The van der Waals surface area contributed by atoms with Gasteiger partial charge >= 0.3 is 0 Å². The van der Waals surface area contributed by atoms with E-state index in [-0.39, 0.29) is 11.6 Å². The minimum Gasteiger partial charge on any atom is -0.348 e. The normalized spacial score (nSPS) is 25.8. The van der Waals surface area contributed by atoms with Crippen molar-refractivity contribution in [3.63, 3.8) is 0 Å². The lowest BCUT2D eigenvalue weighted by atomic mass is 10.1. The Morgan fingerprint density at radius 2 is 1.85 bits per heavy atom. The van der Waals surface area contributed by atoms with Crippen molar-refractivity contribution in [1.29, 1.82) is 0 Å². The molecule has 2 saturated heterocycles. The Bertz CT molecular complexity index is 526. The first-order valence-electron chi connectivity index (χ1n) is 6.75. The molecular formula is C14H15F3N2O. The lowest BCUT2D eigenvalue weighted by Gasteiger charge is -2.21. The van der Waals surface area contributed by atoms with Crippen molar-refractivity contribution in [1.82, 2.24) is 10.2 Å². The molecule has 2 unspecified atom stereocenters. The Kier molecular flexibility index (Phi) is 3.41. The number of rotatable bonds is 2.